The zero-order valence-corrected chi connectivity index (χ0v) is 13.9. The second kappa shape index (κ2) is 5.71. The summed E-state index contributed by atoms with van der Waals surface area (Å²) < 4.78 is 0. The van der Waals surface area contributed by atoms with Gasteiger partial charge in [0.25, 0.3) is 0 Å². The zero-order chi connectivity index (χ0) is 15.0. The molecule has 0 radical (unpaired) electrons. The molecule has 0 bridgehead atoms. The van der Waals surface area contributed by atoms with Crippen LogP contribution in [0.4, 0.5) is 0 Å². The van der Waals surface area contributed by atoms with Gasteiger partial charge in [-0.3, -0.25) is 10.1 Å². The van der Waals surface area contributed by atoms with Crippen LogP contribution in [-0.2, 0) is 4.79 Å². The molecule has 116 valence electrons. The van der Waals surface area contributed by atoms with Gasteiger partial charge in [0.05, 0.1) is 5.54 Å². The molecule has 1 saturated carbocycles. The smallest absolute Gasteiger partial charge is 0.244 e. The van der Waals surface area contributed by atoms with Crippen LogP contribution in [0.3, 0.4) is 0 Å². The van der Waals surface area contributed by atoms with Gasteiger partial charge in [-0.05, 0) is 55.6 Å². The Hall–Kier alpha value is -0.910. The molecule has 0 aromatic carbocycles. The summed E-state index contributed by atoms with van der Waals surface area (Å²) in [6.45, 7) is 5.86. The molecular weight excluding hydrogens is 282 g/mol. The molecule has 4 nitrogen and oxygen atoms in total. The van der Waals surface area contributed by atoms with Crippen molar-refractivity contribution in [1.29, 1.82) is 0 Å². The highest BCUT2D eigenvalue weighted by molar-refractivity contribution is 7.07. The fraction of sp³-hybridized carbons (Fsp3) is 0.688. The summed E-state index contributed by atoms with van der Waals surface area (Å²) in [6, 6.07) is 2.86. The summed E-state index contributed by atoms with van der Waals surface area (Å²) in [4.78, 5) is 17.2. The first-order valence-corrected chi connectivity index (χ1v) is 8.80. The maximum atomic E-state index is 12.8. The van der Waals surface area contributed by atoms with Crippen LogP contribution >= 0.6 is 11.3 Å². The van der Waals surface area contributed by atoms with Crippen molar-refractivity contribution in [1.82, 2.24) is 15.1 Å². The minimum atomic E-state index is -0.426. The Morgan fingerprint density at radius 2 is 2.29 bits per heavy atom. The van der Waals surface area contributed by atoms with Gasteiger partial charge < -0.3 is 9.80 Å². The fourth-order valence-corrected chi connectivity index (χ4v) is 3.70. The van der Waals surface area contributed by atoms with Gasteiger partial charge in [-0.2, -0.15) is 11.3 Å². The van der Waals surface area contributed by atoms with Crippen molar-refractivity contribution in [2.75, 3.05) is 20.1 Å². The third-order valence-corrected chi connectivity index (χ3v) is 5.63. The minimum Gasteiger partial charge on any atom is -0.320 e. The number of nitrogens with zero attached hydrogens (tertiary/aromatic N) is 2. The minimum absolute atomic E-state index is 0.0290. The Labute approximate surface area is 131 Å². The summed E-state index contributed by atoms with van der Waals surface area (Å²) in [5.74, 6) is 0.241. The molecule has 2 fully saturated rings. The number of carbonyl (C=O) groups is 1. The normalized spacial score (nSPS) is 29.6. The van der Waals surface area contributed by atoms with Crippen LogP contribution in [0.1, 0.15) is 44.8 Å². The van der Waals surface area contributed by atoms with Crippen LogP contribution in [0.5, 0.6) is 0 Å². The van der Waals surface area contributed by atoms with E-state index in [1.807, 2.05) is 11.8 Å². The molecule has 1 saturated heterocycles. The molecule has 1 N–H and O–H groups in total. The van der Waals surface area contributed by atoms with Crippen molar-refractivity contribution in [2.24, 2.45) is 0 Å². The van der Waals surface area contributed by atoms with Gasteiger partial charge in [0.2, 0.25) is 5.91 Å². The molecule has 1 aromatic rings. The lowest BCUT2D eigenvalue weighted by molar-refractivity contribution is -0.133. The van der Waals surface area contributed by atoms with Gasteiger partial charge in [-0.15, -0.1) is 0 Å². The molecule has 2 unspecified atom stereocenters. The van der Waals surface area contributed by atoms with Crippen molar-refractivity contribution in [3.05, 3.63) is 22.4 Å². The average Bonchev–Trinajstić information content (AvgIpc) is 3.13. The van der Waals surface area contributed by atoms with E-state index < -0.39 is 5.54 Å². The highest BCUT2D eigenvalue weighted by Crippen LogP contribution is 2.33. The van der Waals surface area contributed by atoms with Gasteiger partial charge >= 0.3 is 0 Å². The van der Waals surface area contributed by atoms with Gasteiger partial charge in [-0.1, -0.05) is 6.92 Å². The lowest BCUT2D eigenvalue weighted by atomic mass is 9.99. The number of rotatable bonds is 6. The molecule has 1 aliphatic carbocycles. The molecule has 21 heavy (non-hydrogen) atoms. The second-order valence-corrected chi connectivity index (χ2v) is 7.28. The summed E-state index contributed by atoms with van der Waals surface area (Å²) >= 11 is 1.69. The highest BCUT2D eigenvalue weighted by atomic mass is 32.1. The first kappa shape index (κ1) is 15.0. The van der Waals surface area contributed by atoms with E-state index in [4.69, 9.17) is 0 Å². The van der Waals surface area contributed by atoms with Gasteiger partial charge in [0.15, 0.2) is 0 Å². The standard InChI is InChI=1S/C16H25N3OS/c1-4-16(2)15(20)19(9-8-18(3)13-5-6-13)14(17-16)12-7-10-21-11-12/h7,10-11,13-14,17H,4-6,8-9H2,1-3H3. The number of hydrogen-bond donors (Lipinski definition) is 1. The summed E-state index contributed by atoms with van der Waals surface area (Å²) in [5, 5.41) is 7.78. The summed E-state index contributed by atoms with van der Waals surface area (Å²) in [7, 11) is 2.17. The molecule has 1 amide bonds. The summed E-state index contributed by atoms with van der Waals surface area (Å²) in [5.41, 5.74) is 0.782. The Morgan fingerprint density at radius 1 is 1.52 bits per heavy atom. The molecule has 1 aliphatic heterocycles. The van der Waals surface area contributed by atoms with Crippen molar-refractivity contribution in [2.45, 2.75) is 50.9 Å². The van der Waals surface area contributed by atoms with E-state index in [0.717, 1.165) is 25.6 Å². The molecule has 2 atom stereocenters. The highest BCUT2D eigenvalue weighted by Gasteiger charge is 2.47. The van der Waals surface area contributed by atoms with Crippen LogP contribution in [0.2, 0.25) is 0 Å². The van der Waals surface area contributed by atoms with Crippen molar-refractivity contribution >= 4 is 17.2 Å². The van der Waals surface area contributed by atoms with E-state index in [0.29, 0.717) is 0 Å². The van der Waals surface area contributed by atoms with Crippen LogP contribution in [0, 0.1) is 0 Å². The number of carbonyl (C=O) groups excluding carboxylic acids is 1. The monoisotopic (exact) mass is 307 g/mol. The third-order valence-electron chi connectivity index (χ3n) is 4.93. The van der Waals surface area contributed by atoms with Crippen LogP contribution in [0.25, 0.3) is 0 Å². The van der Waals surface area contributed by atoms with E-state index in [1.165, 1.54) is 18.4 Å². The molecule has 0 spiro atoms. The molecule has 1 aromatic heterocycles. The van der Waals surface area contributed by atoms with Gasteiger partial charge in [-0.25, -0.2) is 0 Å². The molecule has 5 heteroatoms. The van der Waals surface area contributed by atoms with Crippen molar-refractivity contribution in [3.63, 3.8) is 0 Å². The number of likely N-dealkylation sites (N-methyl/N-ethyl adjacent to an activating group) is 1. The first-order chi connectivity index (χ1) is 10.0. The van der Waals surface area contributed by atoms with Crippen molar-refractivity contribution < 1.29 is 4.79 Å². The number of nitrogens with one attached hydrogen (secondary N) is 1. The first-order valence-electron chi connectivity index (χ1n) is 7.86. The topological polar surface area (TPSA) is 35.6 Å². The average molecular weight is 307 g/mol. The van der Waals surface area contributed by atoms with Crippen molar-refractivity contribution in [3.8, 4) is 0 Å². The lowest BCUT2D eigenvalue weighted by Crippen LogP contribution is -2.43. The van der Waals surface area contributed by atoms with Crippen LogP contribution in [0.15, 0.2) is 16.8 Å². The van der Waals surface area contributed by atoms with E-state index in [2.05, 4.69) is 41.0 Å². The third kappa shape index (κ3) is 2.87. The van der Waals surface area contributed by atoms with Gasteiger partial charge in [0, 0.05) is 19.1 Å². The maximum absolute atomic E-state index is 12.8. The predicted molar refractivity (Wildman–Crippen MR) is 86.3 cm³/mol. The van der Waals surface area contributed by atoms with Gasteiger partial charge in [0.1, 0.15) is 6.17 Å². The molecule has 3 rings (SSSR count). The SMILES string of the molecule is CCC1(C)NC(c2ccsc2)N(CCN(C)C2CC2)C1=O. The second-order valence-electron chi connectivity index (χ2n) is 6.50. The van der Waals surface area contributed by atoms with E-state index in [-0.39, 0.29) is 12.1 Å². The summed E-state index contributed by atoms with van der Waals surface area (Å²) in [6.07, 6.45) is 3.47. The fourth-order valence-electron chi connectivity index (χ4n) is 3.02. The number of amides is 1. The largest absolute Gasteiger partial charge is 0.320 e. The Morgan fingerprint density at radius 3 is 2.86 bits per heavy atom. The Bertz CT molecular complexity index is 500. The lowest BCUT2D eigenvalue weighted by Gasteiger charge is -2.26. The Balaban J connectivity index is 1.74. The quantitative estimate of drug-likeness (QED) is 0.877. The zero-order valence-electron chi connectivity index (χ0n) is 13.1. The van der Waals surface area contributed by atoms with E-state index in [1.54, 1.807) is 11.3 Å². The van der Waals surface area contributed by atoms with E-state index in [9.17, 15) is 4.79 Å². The number of thiophene rings is 1. The Kier molecular flexibility index (Phi) is 4.08. The maximum Gasteiger partial charge on any atom is 0.244 e. The number of hydrogen-bond acceptors (Lipinski definition) is 4. The molecular formula is C16H25N3OS. The van der Waals surface area contributed by atoms with Crippen LogP contribution < -0.4 is 5.32 Å². The molecule has 2 heterocycles. The molecule has 2 aliphatic rings. The van der Waals surface area contributed by atoms with Crippen LogP contribution in [-0.4, -0.2) is 47.4 Å². The van der Waals surface area contributed by atoms with E-state index >= 15 is 0 Å². The predicted octanol–water partition coefficient (Wildman–Crippen LogP) is 2.44.